The van der Waals surface area contributed by atoms with E-state index < -0.39 is 5.91 Å². The summed E-state index contributed by atoms with van der Waals surface area (Å²) < 4.78 is 6.08. The smallest absolute Gasteiger partial charge is 0.260 e. The van der Waals surface area contributed by atoms with Crippen LogP contribution in [0.1, 0.15) is 34.6 Å². The Morgan fingerprint density at radius 2 is 1.92 bits per heavy atom. The number of carbonyl (C=O) groups is 1. The number of thiophene rings is 1. The van der Waals surface area contributed by atoms with Gasteiger partial charge in [0.25, 0.3) is 5.91 Å². The number of anilines is 2. The highest BCUT2D eigenvalue weighted by Gasteiger charge is 2.33. The number of nitrogens with zero attached hydrogens (tertiary/aromatic N) is 3. The standard InChI is InChI=1S/C18H25N5O2S/c1-18(2)8-10-11(9-25-18)16(23-6-4-22(3)5-7-23)21-17-12(10)13(19)14(26-17)15(20)24/h4-9,19H2,1-3H3,(H2,20,24). The van der Waals surface area contributed by atoms with Crippen LogP contribution in [0, 0.1) is 0 Å². The number of piperazine rings is 1. The second kappa shape index (κ2) is 6.07. The van der Waals surface area contributed by atoms with Crippen molar-refractivity contribution in [2.45, 2.75) is 32.5 Å². The fourth-order valence-electron chi connectivity index (χ4n) is 3.81. The fourth-order valence-corrected chi connectivity index (χ4v) is 4.78. The van der Waals surface area contributed by atoms with E-state index in [9.17, 15) is 4.79 Å². The Labute approximate surface area is 156 Å². The van der Waals surface area contributed by atoms with E-state index in [0.29, 0.717) is 17.2 Å². The highest BCUT2D eigenvalue weighted by Crippen LogP contribution is 2.43. The van der Waals surface area contributed by atoms with Crippen LogP contribution < -0.4 is 16.4 Å². The average molecular weight is 375 g/mol. The molecule has 0 atom stereocenters. The predicted octanol–water partition coefficient (Wildman–Crippen LogP) is 1.58. The predicted molar refractivity (Wildman–Crippen MR) is 105 cm³/mol. The molecule has 2 aliphatic heterocycles. The van der Waals surface area contributed by atoms with Crippen LogP contribution in [0.15, 0.2) is 0 Å². The van der Waals surface area contributed by atoms with Crippen LogP contribution in [0.25, 0.3) is 10.2 Å². The zero-order valence-electron chi connectivity index (χ0n) is 15.5. The van der Waals surface area contributed by atoms with E-state index >= 15 is 0 Å². The van der Waals surface area contributed by atoms with Crippen molar-refractivity contribution in [3.05, 3.63) is 16.0 Å². The van der Waals surface area contributed by atoms with Crippen molar-refractivity contribution in [3.63, 3.8) is 0 Å². The number of rotatable bonds is 2. The van der Waals surface area contributed by atoms with Gasteiger partial charge in [-0.2, -0.15) is 0 Å². The minimum absolute atomic E-state index is 0.276. The number of hydrogen-bond donors (Lipinski definition) is 2. The lowest BCUT2D eigenvalue weighted by atomic mass is 9.89. The summed E-state index contributed by atoms with van der Waals surface area (Å²) in [7, 11) is 2.13. The molecule has 7 nitrogen and oxygen atoms in total. The Hall–Kier alpha value is -1.90. The minimum Gasteiger partial charge on any atom is -0.397 e. The van der Waals surface area contributed by atoms with E-state index in [1.165, 1.54) is 11.3 Å². The van der Waals surface area contributed by atoms with E-state index in [1.807, 2.05) is 0 Å². The van der Waals surface area contributed by atoms with Crippen LogP contribution in [-0.2, 0) is 17.8 Å². The van der Waals surface area contributed by atoms with Gasteiger partial charge >= 0.3 is 0 Å². The number of ether oxygens (including phenoxy) is 1. The second-order valence-corrected chi connectivity index (χ2v) is 8.80. The zero-order chi connectivity index (χ0) is 18.6. The van der Waals surface area contributed by atoms with Crippen LogP contribution >= 0.6 is 11.3 Å². The molecule has 0 unspecified atom stereocenters. The number of nitrogens with two attached hydrogens (primary N) is 2. The molecule has 2 aromatic heterocycles. The summed E-state index contributed by atoms with van der Waals surface area (Å²) in [5.41, 5.74) is 14.3. The SMILES string of the molecule is CN1CCN(c2nc3sc(C(N)=O)c(N)c3c3c2COC(C)(C)C3)CC1. The number of nitrogen functional groups attached to an aromatic ring is 1. The summed E-state index contributed by atoms with van der Waals surface area (Å²) in [6.45, 7) is 8.52. The molecular weight excluding hydrogens is 350 g/mol. The molecule has 0 aliphatic carbocycles. The maximum absolute atomic E-state index is 11.8. The van der Waals surface area contributed by atoms with Crippen LogP contribution in [0.5, 0.6) is 0 Å². The highest BCUT2D eigenvalue weighted by atomic mass is 32.1. The number of aromatic nitrogens is 1. The zero-order valence-corrected chi connectivity index (χ0v) is 16.3. The largest absolute Gasteiger partial charge is 0.397 e. The molecule has 0 aromatic carbocycles. The van der Waals surface area contributed by atoms with Crippen molar-refractivity contribution in [2.75, 3.05) is 43.9 Å². The van der Waals surface area contributed by atoms with Gasteiger partial charge in [-0.3, -0.25) is 4.79 Å². The maximum atomic E-state index is 11.8. The highest BCUT2D eigenvalue weighted by molar-refractivity contribution is 7.21. The number of fused-ring (bicyclic) bond motifs is 3. The fraction of sp³-hybridized carbons (Fsp3) is 0.556. The van der Waals surface area contributed by atoms with Gasteiger partial charge in [-0.05, 0) is 26.5 Å². The van der Waals surface area contributed by atoms with E-state index in [4.69, 9.17) is 21.2 Å². The Morgan fingerprint density at radius 1 is 1.23 bits per heavy atom. The normalized spacial score (nSPS) is 20.3. The molecule has 4 rings (SSSR count). The third kappa shape index (κ3) is 2.82. The average Bonchev–Trinajstić information content (AvgIpc) is 2.91. The quantitative estimate of drug-likeness (QED) is 0.827. The second-order valence-electron chi connectivity index (χ2n) is 7.80. The van der Waals surface area contributed by atoms with Crippen molar-refractivity contribution in [1.82, 2.24) is 9.88 Å². The molecular formula is C18H25N5O2S. The number of pyridine rings is 1. The molecule has 2 aliphatic rings. The van der Waals surface area contributed by atoms with Gasteiger partial charge in [-0.1, -0.05) is 0 Å². The third-order valence-electron chi connectivity index (χ3n) is 5.31. The van der Waals surface area contributed by atoms with E-state index in [2.05, 4.69) is 30.7 Å². The number of likely N-dealkylation sites (N-methyl/N-ethyl adjacent to an activating group) is 1. The summed E-state index contributed by atoms with van der Waals surface area (Å²) in [5, 5.41) is 0.882. The molecule has 1 saturated heterocycles. The lowest BCUT2D eigenvalue weighted by Gasteiger charge is -2.38. The molecule has 0 spiro atoms. The van der Waals surface area contributed by atoms with Gasteiger partial charge in [-0.25, -0.2) is 4.98 Å². The van der Waals surface area contributed by atoms with Crippen molar-refractivity contribution in [2.24, 2.45) is 5.73 Å². The molecule has 1 amide bonds. The lowest BCUT2D eigenvalue weighted by Crippen LogP contribution is -2.45. The first kappa shape index (κ1) is 17.5. The van der Waals surface area contributed by atoms with Gasteiger partial charge in [-0.15, -0.1) is 11.3 Å². The van der Waals surface area contributed by atoms with Gasteiger partial charge < -0.3 is 26.0 Å². The molecule has 26 heavy (non-hydrogen) atoms. The molecule has 0 bridgehead atoms. The van der Waals surface area contributed by atoms with Crippen LogP contribution in [0.2, 0.25) is 0 Å². The Morgan fingerprint density at radius 3 is 2.58 bits per heavy atom. The van der Waals surface area contributed by atoms with E-state index in [1.54, 1.807) is 0 Å². The number of amides is 1. The van der Waals surface area contributed by atoms with E-state index in [0.717, 1.165) is 59.8 Å². The van der Waals surface area contributed by atoms with Crippen molar-refractivity contribution in [1.29, 1.82) is 0 Å². The topological polar surface area (TPSA) is 97.7 Å². The minimum atomic E-state index is -0.494. The molecule has 1 fully saturated rings. The molecule has 0 saturated carbocycles. The molecule has 8 heteroatoms. The third-order valence-corrected chi connectivity index (χ3v) is 6.42. The van der Waals surface area contributed by atoms with Crippen molar-refractivity contribution in [3.8, 4) is 0 Å². The molecule has 4 N–H and O–H groups in total. The van der Waals surface area contributed by atoms with Gasteiger partial charge in [0, 0.05) is 43.5 Å². The summed E-state index contributed by atoms with van der Waals surface area (Å²) >= 11 is 1.30. The monoisotopic (exact) mass is 375 g/mol. The molecule has 140 valence electrons. The molecule has 2 aromatic rings. The summed E-state index contributed by atoms with van der Waals surface area (Å²) in [6.07, 6.45) is 0.737. The molecule has 0 radical (unpaired) electrons. The first-order valence-electron chi connectivity index (χ1n) is 8.88. The van der Waals surface area contributed by atoms with Crippen LogP contribution in [-0.4, -0.2) is 54.6 Å². The Bertz CT molecular complexity index is 884. The van der Waals surface area contributed by atoms with Crippen molar-refractivity contribution >= 4 is 39.0 Å². The summed E-state index contributed by atoms with van der Waals surface area (Å²) in [5.74, 6) is 0.472. The van der Waals surface area contributed by atoms with Crippen LogP contribution in [0.3, 0.4) is 0 Å². The van der Waals surface area contributed by atoms with Gasteiger partial charge in [0.05, 0.1) is 17.9 Å². The van der Waals surface area contributed by atoms with Gasteiger partial charge in [0.15, 0.2) is 0 Å². The van der Waals surface area contributed by atoms with E-state index in [-0.39, 0.29) is 5.60 Å². The van der Waals surface area contributed by atoms with Crippen LogP contribution in [0.4, 0.5) is 11.5 Å². The summed E-state index contributed by atoms with van der Waals surface area (Å²) in [6, 6.07) is 0. The Kier molecular flexibility index (Phi) is 4.09. The maximum Gasteiger partial charge on any atom is 0.260 e. The summed E-state index contributed by atoms with van der Waals surface area (Å²) in [4.78, 5) is 22.5. The van der Waals surface area contributed by atoms with Gasteiger partial charge in [0.1, 0.15) is 15.5 Å². The number of primary amides is 1. The molecule has 4 heterocycles. The van der Waals surface area contributed by atoms with Gasteiger partial charge in [0.2, 0.25) is 0 Å². The first-order valence-corrected chi connectivity index (χ1v) is 9.69. The van der Waals surface area contributed by atoms with Crippen molar-refractivity contribution < 1.29 is 9.53 Å². The lowest BCUT2D eigenvalue weighted by molar-refractivity contribution is -0.0395. The first-order chi connectivity index (χ1) is 12.3. The Balaban J connectivity index is 1.92. The number of hydrogen-bond acceptors (Lipinski definition) is 7. The number of carbonyl (C=O) groups excluding carboxylic acids is 1.